The molecule has 0 bridgehead atoms. The number of hydrogen-bond donors (Lipinski definition) is 2. The van der Waals surface area contributed by atoms with Crippen LogP contribution in [0.15, 0.2) is 30.7 Å². The van der Waals surface area contributed by atoms with Crippen LogP contribution in [0.5, 0.6) is 0 Å². The average molecular weight is 270 g/mol. The van der Waals surface area contributed by atoms with Gasteiger partial charge in [-0.15, -0.1) is 0 Å². The van der Waals surface area contributed by atoms with Crippen molar-refractivity contribution < 1.29 is 0 Å². The molecule has 20 heavy (non-hydrogen) atoms. The summed E-state index contributed by atoms with van der Waals surface area (Å²) in [6, 6.07) is 4.67. The Labute approximate surface area is 120 Å². The van der Waals surface area contributed by atoms with Crippen LogP contribution < -0.4 is 5.32 Å². The molecule has 2 aromatic rings. The lowest BCUT2D eigenvalue weighted by molar-refractivity contribution is 0.306. The van der Waals surface area contributed by atoms with E-state index in [4.69, 9.17) is 0 Å². The molecule has 1 fully saturated rings. The van der Waals surface area contributed by atoms with Crippen molar-refractivity contribution >= 4 is 0 Å². The molecule has 0 aromatic carbocycles. The first-order valence-electron chi connectivity index (χ1n) is 7.49. The normalized spacial score (nSPS) is 22.9. The smallest absolute Gasteiger partial charge is 0.0710 e. The highest BCUT2D eigenvalue weighted by molar-refractivity contribution is 5.61. The lowest BCUT2D eigenvalue weighted by atomic mass is 9.87. The predicted octanol–water partition coefficient (Wildman–Crippen LogP) is 3.14. The summed E-state index contributed by atoms with van der Waals surface area (Å²) in [5.74, 6) is 0.896. The number of rotatable bonds is 4. The summed E-state index contributed by atoms with van der Waals surface area (Å²) >= 11 is 0. The summed E-state index contributed by atoms with van der Waals surface area (Å²) in [5, 5.41) is 10.9. The molecule has 0 unspecified atom stereocenters. The van der Waals surface area contributed by atoms with Gasteiger partial charge >= 0.3 is 0 Å². The number of aromatic amines is 1. The van der Waals surface area contributed by atoms with Crippen LogP contribution in [-0.2, 0) is 6.54 Å². The van der Waals surface area contributed by atoms with E-state index in [1.54, 1.807) is 6.20 Å². The summed E-state index contributed by atoms with van der Waals surface area (Å²) in [4.78, 5) is 4.17. The molecule has 0 saturated heterocycles. The van der Waals surface area contributed by atoms with Crippen LogP contribution in [0, 0.1) is 5.92 Å². The standard InChI is InChI=1S/C16H22N4/c1-12-4-6-15(7-5-12)18-10-14-11-19-20-16(14)13-3-2-8-17-9-13/h2-3,8-9,11-12,15,18H,4-7,10H2,1H3,(H,19,20). The number of aromatic nitrogens is 3. The van der Waals surface area contributed by atoms with Gasteiger partial charge < -0.3 is 5.32 Å². The minimum absolute atomic E-state index is 0.655. The van der Waals surface area contributed by atoms with Crippen LogP contribution in [0.3, 0.4) is 0 Å². The number of hydrogen-bond acceptors (Lipinski definition) is 3. The fourth-order valence-corrected chi connectivity index (χ4v) is 2.92. The lowest BCUT2D eigenvalue weighted by Crippen LogP contribution is -2.32. The minimum Gasteiger partial charge on any atom is -0.310 e. The first-order chi connectivity index (χ1) is 9.83. The highest BCUT2D eigenvalue weighted by atomic mass is 15.1. The van der Waals surface area contributed by atoms with Crippen molar-refractivity contribution in [3.63, 3.8) is 0 Å². The zero-order chi connectivity index (χ0) is 13.8. The highest BCUT2D eigenvalue weighted by Crippen LogP contribution is 2.24. The number of H-pyrrole nitrogens is 1. The van der Waals surface area contributed by atoms with Crippen molar-refractivity contribution in [2.24, 2.45) is 5.92 Å². The Morgan fingerprint density at radius 3 is 2.85 bits per heavy atom. The zero-order valence-electron chi connectivity index (χ0n) is 12.0. The second-order valence-electron chi connectivity index (χ2n) is 5.85. The van der Waals surface area contributed by atoms with Crippen LogP contribution in [0.4, 0.5) is 0 Å². The first-order valence-corrected chi connectivity index (χ1v) is 7.49. The molecule has 106 valence electrons. The van der Waals surface area contributed by atoms with Gasteiger partial charge in [0.1, 0.15) is 0 Å². The minimum atomic E-state index is 0.655. The molecule has 1 saturated carbocycles. The van der Waals surface area contributed by atoms with E-state index in [0.717, 1.165) is 23.7 Å². The molecule has 0 radical (unpaired) electrons. The number of pyridine rings is 1. The Hall–Kier alpha value is -1.68. The van der Waals surface area contributed by atoms with Gasteiger partial charge in [-0.25, -0.2) is 0 Å². The maximum absolute atomic E-state index is 4.18. The summed E-state index contributed by atoms with van der Waals surface area (Å²) in [7, 11) is 0. The van der Waals surface area contributed by atoms with Gasteiger partial charge in [-0.3, -0.25) is 10.1 Å². The Bertz CT molecular complexity index is 526. The monoisotopic (exact) mass is 270 g/mol. The molecule has 4 nitrogen and oxygen atoms in total. The molecular formula is C16H22N4. The third kappa shape index (κ3) is 3.07. The van der Waals surface area contributed by atoms with Crippen LogP contribution in [0.25, 0.3) is 11.3 Å². The third-order valence-electron chi connectivity index (χ3n) is 4.27. The Morgan fingerprint density at radius 2 is 2.10 bits per heavy atom. The SMILES string of the molecule is CC1CCC(NCc2cn[nH]c2-c2cccnc2)CC1. The summed E-state index contributed by atoms with van der Waals surface area (Å²) in [5.41, 5.74) is 3.39. The molecule has 4 heteroatoms. The van der Waals surface area contributed by atoms with E-state index in [9.17, 15) is 0 Å². The third-order valence-corrected chi connectivity index (χ3v) is 4.27. The Kier molecular flexibility index (Phi) is 4.11. The van der Waals surface area contributed by atoms with Gasteiger partial charge in [-0.2, -0.15) is 5.10 Å². The zero-order valence-corrected chi connectivity index (χ0v) is 12.0. The molecule has 1 aliphatic carbocycles. The van der Waals surface area contributed by atoms with E-state index >= 15 is 0 Å². The fraction of sp³-hybridized carbons (Fsp3) is 0.500. The van der Waals surface area contributed by atoms with E-state index in [1.165, 1.54) is 31.2 Å². The van der Waals surface area contributed by atoms with Gasteiger partial charge in [0, 0.05) is 36.1 Å². The molecule has 3 rings (SSSR count). The highest BCUT2D eigenvalue weighted by Gasteiger charge is 2.18. The van der Waals surface area contributed by atoms with Gasteiger partial charge in [0.25, 0.3) is 0 Å². The lowest BCUT2D eigenvalue weighted by Gasteiger charge is -2.27. The van der Waals surface area contributed by atoms with Gasteiger partial charge in [-0.05, 0) is 43.7 Å². The van der Waals surface area contributed by atoms with Crippen molar-refractivity contribution in [2.75, 3.05) is 0 Å². The summed E-state index contributed by atoms with van der Waals surface area (Å²) in [6.07, 6.45) is 10.9. The van der Waals surface area contributed by atoms with E-state index < -0.39 is 0 Å². The van der Waals surface area contributed by atoms with Crippen molar-refractivity contribution in [3.05, 3.63) is 36.3 Å². The second-order valence-corrected chi connectivity index (χ2v) is 5.85. The van der Waals surface area contributed by atoms with E-state index in [-0.39, 0.29) is 0 Å². The molecular weight excluding hydrogens is 248 g/mol. The van der Waals surface area contributed by atoms with Crippen LogP contribution >= 0.6 is 0 Å². The quantitative estimate of drug-likeness (QED) is 0.897. The van der Waals surface area contributed by atoms with E-state index in [0.29, 0.717) is 6.04 Å². The number of nitrogens with one attached hydrogen (secondary N) is 2. The maximum atomic E-state index is 4.18. The van der Waals surface area contributed by atoms with E-state index in [1.807, 2.05) is 18.5 Å². The first kappa shape index (κ1) is 13.3. The number of nitrogens with zero attached hydrogens (tertiary/aromatic N) is 2. The Morgan fingerprint density at radius 1 is 1.25 bits per heavy atom. The van der Waals surface area contributed by atoms with E-state index in [2.05, 4.69) is 33.5 Å². The second kappa shape index (κ2) is 6.18. The summed E-state index contributed by atoms with van der Waals surface area (Å²) in [6.45, 7) is 3.23. The van der Waals surface area contributed by atoms with Crippen molar-refractivity contribution in [3.8, 4) is 11.3 Å². The topological polar surface area (TPSA) is 53.6 Å². The molecule has 0 atom stereocenters. The maximum Gasteiger partial charge on any atom is 0.0710 e. The van der Waals surface area contributed by atoms with Gasteiger partial charge in [-0.1, -0.05) is 6.92 Å². The molecule has 2 heterocycles. The fourth-order valence-electron chi connectivity index (χ4n) is 2.92. The van der Waals surface area contributed by atoms with Gasteiger partial charge in [0.15, 0.2) is 0 Å². The van der Waals surface area contributed by atoms with Crippen LogP contribution in [0.1, 0.15) is 38.2 Å². The predicted molar refractivity (Wildman–Crippen MR) is 80.1 cm³/mol. The average Bonchev–Trinajstić information content (AvgIpc) is 2.96. The van der Waals surface area contributed by atoms with Crippen molar-refractivity contribution in [2.45, 2.75) is 45.2 Å². The van der Waals surface area contributed by atoms with Gasteiger partial charge in [0.2, 0.25) is 0 Å². The van der Waals surface area contributed by atoms with Crippen molar-refractivity contribution in [1.82, 2.24) is 20.5 Å². The Balaban J connectivity index is 1.63. The molecule has 0 amide bonds. The van der Waals surface area contributed by atoms with Crippen LogP contribution in [-0.4, -0.2) is 21.2 Å². The molecule has 0 aliphatic heterocycles. The molecule has 2 N–H and O–H groups in total. The van der Waals surface area contributed by atoms with Crippen LogP contribution in [0.2, 0.25) is 0 Å². The molecule has 1 aliphatic rings. The largest absolute Gasteiger partial charge is 0.310 e. The molecule has 0 spiro atoms. The van der Waals surface area contributed by atoms with Gasteiger partial charge in [0.05, 0.1) is 11.9 Å². The summed E-state index contributed by atoms with van der Waals surface area (Å²) < 4.78 is 0. The molecule has 2 aromatic heterocycles. The van der Waals surface area contributed by atoms with Crippen molar-refractivity contribution in [1.29, 1.82) is 0 Å².